The molecule has 3 heterocycles. The number of hydrogen-bond donors (Lipinski definition) is 12. The van der Waals surface area contributed by atoms with Gasteiger partial charge >= 0.3 is 0 Å². The molecule has 0 spiro atoms. The van der Waals surface area contributed by atoms with E-state index in [1.54, 1.807) is 19.9 Å². The Bertz CT molecular complexity index is 1890. The molecule has 0 saturated carbocycles. The highest BCUT2D eigenvalue weighted by molar-refractivity contribution is 5.65. The van der Waals surface area contributed by atoms with Gasteiger partial charge in [-0.2, -0.15) is 0 Å². The number of fused-ring (bicyclic) bond motifs is 1. The van der Waals surface area contributed by atoms with E-state index in [9.17, 15) is 61.3 Å². The first-order valence-electron chi connectivity index (χ1n) is 18.1. The summed E-state index contributed by atoms with van der Waals surface area (Å²) in [6.07, 6.45) is -18.0. The number of phenolic OH excluding ortho intramolecular Hbond substituents is 3. The van der Waals surface area contributed by atoms with Crippen molar-refractivity contribution >= 4 is 0 Å². The number of aliphatic hydroxyl groups is 9. The Morgan fingerprint density at radius 1 is 0.684 bits per heavy atom. The molecule has 18 heteroatoms. The van der Waals surface area contributed by atoms with Gasteiger partial charge in [0.2, 0.25) is 12.6 Å². The predicted octanol–water partition coefficient (Wildman–Crippen LogP) is -0.695. The third kappa shape index (κ3) is 8.16. The molecule has 0 aliphatic carbocycles. The lowest BCUT2D eigenvalue weighted by Crippen LogP contribution is -2.60. The number of rotatable bonds is 11. The minimum Gasteiger partial charge on any atom is -0.508 e. The fraction of sp³-hybridized carbons (Fsp3) is 0.487. The molecule has 0 unspecified atom stereocenters. The quantitative estimate of drug-likeness (QED) is 0.107. The predicted molar refractivity (Wildman–Crippen MR) is 194 cm³/mol. The lowest BCUT2D eigenvalue weighted by Gasteiger charge is -2.42. The van der Waals surface area contributed by atoms with Crippen molar-refractivity contribution in [3.63, 3.8) is 0 Å². The first-order valence-corrected chi connectivity index (χ1v) is 18.1. The summed E-state index contributed by atoms with van der Waals surface area (Å²) in [4.78, 5) is 0. The Morgan fingerprint density at radius 3 is 1.81 bits per heavy atom. The second-order valence-corrected chi connectivity index (χ2v) is 14.4. The molecule has 18 nitrogen and oxygen atoms in total. The van der Waals surface area contributed by atoms with Crippen LogP contribution in [0.25, 0.3) is 0 Å². The van der Waals surface area contributed by atoms with Gasteiger partial charge in [0.25, 0.3) is 0 Å². The van der Waals surface area contributed by atoms with E-state index in [1.807, 2.05) is 0 Å². The highest BCUT2D eigenvalue weighted by Gasteiger charge is 2.49. The summed E-state index contributed by atoms with van der Waals surface area (Å²) in [7, 11) is 1.28. The Kier molecular flexibility index (Phi) is 12.7. The topological polar surface area (TPSA) is 298 Å². The van der Waals surface area contributed by atoms with Gasteiger partial charge in [-0.3, -0.25) is 0 Å². The molecule has 3 aromatic rings. The zero-order chi connectivity index (χ0) is 41.5. The van der Waals surface area contributed by atoms with Gasteiger partial charge in [-0.05, 0) is 38.0 Å². The SMILES string of the molecule is COc1cc(O[C@H]2O[C@@H](CO)[C@H](O)[C@@H](O)[C@@H]2O)cc2c1[C@H](c1c(O)cc(O)c(CC=C(C)C)c1O[C@@H]1O[C@H](CO)[C@H](O)[C@H](O)[C@@H]1O)[C@@H](O)[C@H](c1ccc(O)cc1)O2. The van der Waals surface area contributed by atoms with Crippen LogP contribution in [0.3, 0.4) is 0 Å². The second-order valence-electron chi connectivity index (χ2n) is 14.4. The van der Waals surface area contributed by atoms with Crippen LogP contribution in [0.2, 0.25) is 0 Å². The van der Waals surface area contributed by atoms with E-state index in [0.717, 1.165) is 11.6 Å². The smallest absolute Gasteiger partial charge is 0.229 e. The van der Waals surface area contributed by atoms with E-state index in [0.29, 0.717) is 5.56 Å². The minimum absolute atomic E-state index is 0.0230. The summed E-state index contributed by atoms with van der Waals surface area (Å²) in [5, 5.41) is 128. The summed E-state index contributed by atoms with van der Waals surface area (Å²) in [5.41, 5.74) is 1.12. The maximum atomic E-state index is 12.4. The average molecular weight is 805 g/mol. The maximum absolute atomic E-state index is 12.4. The van der Waals surface area contributed by atoms with E-state index in [1.165, 1.54) is 43.5 Å². The summed E-state index contributed by atoms with van der Waals surface area (Å²) in [6, 6.07) is 9.38. The summed E-state index contributed by atoms with van der Waals surface area (Å²) in [5.74, 6) is -3.00. The van der Waals surface area contributed by atoms with E-state index in [4.69, 9.17) is 28.4 Å². The molecule has 57 heavy (non-hydrogen) atoms. The molecule has 312 valence electrons. The highest BCUT2D eigenvalue weighted by Crippen LogP contribution is 2.56. The number of methoxy groups -OCH3 is 1. The van der Waals surface area contributed by atoms with Crippen LogP contribution in [0.1, 0.15) is 48.1 Å². The Hall–Kier alpha value is -4.44. The summed E-state index contributed by atoms with van der Waals surface area (Å²) >= 11 is 0. The van der Waals surface area contributed by atoms with Gasteiger partial charge in [0.15, 0.2) is 6.10 Å². The molecule has 3 aliphatic heterocycles. The number of hydrogen-bond acceptors (Lipinski definition) is 18. The summed E-state index contributed by atoms with van der Waals surface area (Å²) in [6.45, 7) is 2.10. The van der Waals surface area contributed by atoms with E-state index >= 15 is 0 Å². The number of phenols is 3. The van der Waals surface area contributed by atoms with E-state index in [2.05, 4.69) is 0 Å². The van der Waals surface area contributed by atoms with Crippen molar-refractivity contribution in [2.24, 2.45) is 0 Å². The van der Waals surface area contributed by atoms with Crippen LogP contribution >= 0.6 is 0 Å². The van der Waals surface area contributed by atoms with Crippen LogP contribution in [-0.2, 0) is 15.9 Å². The largest absolute Gasteiger partial charge is 0.508 e. The fourth-order valence-corrected chi connectivity index (χ4v) is 7.22. The highest BCUT2D eigenvalue weighted by atomic mass is 16.7. The van der Waals surface area contributed by atoms with Crippen molar-refractivity contribution in [3.8, 4) is 40.2 Å². The van der Waals surface area contributed by atoms with Crippen molar-refractivity contribution in [2.75, 3.05) is 20.3 Å². The molecule has 2 saturated heterocycles. The zero-order valence-electron chi connectivity index (χ0n) is 31.1. The van der Waals surface area contributed by atoms with Crippen LogP contribution in [0.15, 0.2) is 54.1 Å². The number of aliphatic hydroxyl groups excluding tert-OH is 9. The standard InChI is InChI=1S/C39H48O18/c1-15(2)4-9-19-20(43)12-21(44)26(37(19)57-39-35(51)33(49)30(46)25(14-41)56-39)28-27-22(52-3)10-18(53-38-34(50)32(48)29(45)24(13-40)55-38)11-23(27)54-36(31(28)47)16-5-7-17(42)8-6-16/h4-8,10-12,24-25,28-36,38-51H,9,13-14H2,1-3H3/t24-,25+,28-,29-,30-,31+,32+,33-,34-,35-,36-,38-,39-/m0/s1. The first kappa shape index (κ1) is 42.2. The average Bonchev–Trinajstić information content (AvgIpc) is 3.18. The van der Waals surface area contributed by atoms with Gasteiger partial charge in [0.05, 0.1) is 26.2 Å². The first-order chi connectivity index (χ1) is 27.1. The Balaban J connectivity index is 1.55. The fourth-order valence-electron chi connectivity index (χ4n) is 7.22. The third-order valence-corrected chi connectivity index (χ3v) is 10.3. The number of allylic oxidation sites excluding steroid dienone is 2. The van der Waals surface area contributed by atoms with Gasteiger partial charge in [-0.1, -0.05) is 23.8 Å². The number of ether oxygens (including phenoxy) is 6. The number of benzene rings is 3. The number of aromatic hydroxyl groups is 3. The van der Waals surface area contributed by atoms with Crippen LogP contribution in [0.5, 0.6) is 40.2 Å². The normalized spacial score (nSPS) is 32.5. The van der Waals surface area contributed by atoms with E-state index in [-0.39, 0.29) is 51.9 Å². The van der Waals surface area contributed by atoms with Crippen molar-refractivity contribution in [1.82, 2.24) is 0 Å². The van der Waals surface area contributed by atoms with Crippen LogP contribution in [0.4, 0.5) is 0 Å². The van der Waals surface area contributed by atoms with Gasteiger partial charge < -0.3 is 89.7 Å². The Morgan fingerprint density at radius 2 is 1.26 bits per heavy atom. The minimum atomic E-state index is -1.91. The van der Waals surface area contributed by atoms with Crippen LogP contribution in [-0.4, -0.2) is 149 Å². The monoisotopic (exact) mass is 804 g/mol. The summed E-state index contributed by atoms with van der Waals surface area (Å²) < 4.78 is 35.5. The molecule has 0 aromatic heterocycles. The zero-order valence-corrected chi connectivity index (χ0v) is 31.1. The second kappa shape index (κ2) is 17.2. The third-order valence-electron chi connectivity index (χ3n) is 10.3. The molecule has 0 radical (unpaired) electrons. The van der Waals surface area contributed by atoms with Gasteiger partial charge in [-0.15, -0.1) is 0 Å². The molecule has 3 aliphatic rings. The van der Waals surface area contributed by atoms with Gasteiger partial charge in [0, 0.05) is 34.9 Å². The van der Waals surface area contributed by atoms with Crippen molar-refractivity contribution < 1.29 is 89.7 Å². The van der Waals surface area contributed by atoms with Crippen molar-refractivity contribution in [1.29, 1.82) is 0 Å². The lowest BCUT2D eigenvalue weighted by molar-refractivity contribution is -0.277. The molecule has 13 atom stereocenters. The molecule has 0 bridgehead atoms. The molecule has 3 aromatic carbocycles. The Labute approximate surface area is 326 Å². The van der Waals surface area contributed by atoms with Gasteiger partial charge in [-0.25, -0.2) is 0 Å². The van der Waals surface area contributed by atoms with E-state index < -0.39 is 104 Å². The molecular formula is C39H48O18. The molecule has 2 fully saturated rings. The molecule has 12 N–H and O–H groups in total. The van der Waals surface area contributed by atoms with Gasteiger partial charge in [0.1, 0.15) is 95.2 Å². The maximum Gasteiger partial charge on any atom is 0.229 e. The van der Waals surface area contributed by atoms with Crippen molar-refractivity contribution in [3.05, 3.63) is 76.4 Å². The molecular weight excluding hydrogens is 756 g/mol. The lowest BCUT2D eigenvalue weighted by atomic mass is 9.78. The molecule has 0 amide bonds. The van der Waals surface area contributed by atoms with Crippen LogP contribution < -0.4 is 18.9 Å². The van der Waals surface area contributed by atoms with Crippen LogP contribution in [0, 0.1) is 0 Å². The van der Waals surface area contributed by atoms with Crippen molar-refractivity contribution in [2.45, 2.75) is 99.8 Å². The molecule has 6 rings (SSSR count).